The summed E-state index contributed by atoms with van der Waals surface area (Å²) in [4.78, 5) is 22.5. The Labute approximate surface area is 194 Å². The second-order valence-corrected chi connectivity index (χ2v) is 10.9. The second kappa shape index (κ2) is 10.6. The van der Waals surface area contributed by atoms with Crippen LogP contribution in [0.2, 0.25) is 0 Å². The fourth-order valence-corrected chi connectivity index (χ4v) is 5.42. The largest absolute Gasteiger partial charge is 0.302 e. The fraction of sp³-hybridized carbons (Fsp3) is 0.417. The van der Waals surface area contributed by atoms with E-state index in [0.29, 0.717) is 17.2 Å². The third kappa shape index (κ3) is 5.36. The van der Waals surface area contributed by atoms with Gasteiger partial charge in [0.2, 0.25) is 0 Å². The predicted molar refractivity (Wildman–Crippen MR) is 133 cm³/mol. The molecule has 172 valence electrons. The predicted octanol–water partition coefficient (Wildman–Crippen LogP) is 4.64. The van der Waals surface area contributed by atoms with E-state index in [4.69, 9.17) is 4.98 Å². The third-order valence-electron chi connectivity index (χ3n) is 5.70. The van der Waals surface area contributed by atoms with E-state index >= 15 is 0 Å². The van der Waals surface area contributed by atoms with Crippen molar-refractivity contribution in [2.24, 2.45) is 0 Å². The molecule has 0 fully saturated rings. The van der Waals surface area contributed by atoms with E-state index in [2.05, 4.69) is 37.8 Å². The monoisotopic (exact) mass is 473 g/mol. The highest BCUT2D eigenvalue weighted by Crippen LogP contribution is 2.31. The SMILES string of the molecule is CCc1ccc2nc(N(CCN(CC)CC)C(=O)c3ccc(S(=O)(=O)CC)cc3)sc2c1. The molecule has 1 aromatic heterocycles. The van der Waals surface area contributed by atoms with Crippen LogP contribution in [-0.4, -0.2) is 56.1 Å². The van der Waals surface area contributed by atoms with E-state index in [-0.39, 0.29) is 16.6 Å². The Morgan fingerprint density at radius 2 is 1.66 bits per heavy atom. The molecule has 0 saturated heterocycles. The number of aryl methyl sites for hydroxylation is 1. The molecule has 1 heterocycles. The van der Waals surface area contributed by atoms with Gasteiger partial charge >= 0.3 is 0 Å². The first-order valence-electron chi connectivity index (χ1n) is 11.1. The van der Waals surface area contributed by atoms with Crippen molar-refractivity contribution in [2.75, 3.05) is 36.8 Å². The smallest absolute Gasteiger partial charge is 0.260 e. The number of benzene rings is 2. The molecule has 0 radical (unpaired) electrons. The van der Waals surface area contributed by atoms with Crippen LogP contribution in [-0.2, 0) is 16.3 Å². The Bertz CT molecular complexity index is 1170. The number of aromatic nitrogens is 1. The van der Waals surface area contributed by atoms with Gasteiger partial charge in [0.1, 0.15) is 0 Å². The molecule has 0 saturated carbocycles. The molecule has 0 aliphatic rings. The lowest BCUT2D eigenvalue weighted by atomic mass is 10.2. The maximum atomic E-state index is 13.5. The fourth-order valence-electron chi connectivity index (χ4n) is 3.48. The summed E-state index contributed by atoms with van der Waals surface area (Å²) >= 11 is 1.52. The number of sulfone groups is 1. The van der Waals surface area contributed by atoms with Gasteiger partial charge in [-0.1, -0.05) is 45.1 Å². The average Bonchev–Trinajstić information content (AvgIpc) is 3.24. The van der Waals surface area contributed by atoms with Gasteiger partial charge in [-0.15, -0.1) is 0 Å². The minimum absolute atomic E-state index is 0.0295. The molecule has 2 aromatic carbocycles. The maximum Gasteiger partial charge on any atom is 0.260 e. The van der Waals surface area contributed by atoms with Crippen molar-refractivity contribution in [1.29, 1.82) is 0 Å². The zero-order valence-electron chi connectivity index (χ0n) is 19.2. The van der Waals surface area contributed by atoms with Crippen molar-refractivity contribution in [3.05, 3.63) is 53.6 Å². The molecular weight excluding hydrogens is 442 g/mol. The van der Waals surface area contributed by atoms with Crippen molar-refractivity contribution >= 4 is 42.4 Å². The Kier molecular flexibility index (Phi) is 8.03. The Morgan fingerprint density at radius 1 is 0.969 bits per heavy atom. The minimum atomic E-state index is -3.31. The highest BCUT2D eigenvalue weighted by Gasteiger charge is 2.23. The minimum Gasteiger partial charge on any atom is -0.302 e. The summed E-state index contributed by atoms with van der Waals surface area (Å²) in [7, 11) is -3.31. The number of carbonyl (C=O) groups excluding carboxylic acids is 1. The number of carbonyl (C=O) groups is 1. The molecule has 0 N–H and O–H groups in total. The first-order valence-corrected chi connectivity index (χ1v) is 13.6. The zero-order chi connectivity index (χ0) is 23.3. The van der Waals surface area contributed by atoms with Crippen LogP contribution in [0.25, 0.3) is 10.2 Å². The Balaban J connectivity index is 1.96. The van der Waals surface area contributed by atoms with Crippen molar-refractivity contribution in [2.45, 2.75) is 39.0 Å². The summed E-state index contributed by atoms with van der Waals surface area (Å²) in [5.41, 5.74) is 2.57. The molecule has 8 heteroatoms. The topological polar surface area (TPSA) is 70.6 Å². The van der Waals surface area contributed by atoms with Crippen LogP contribution in [0.3, 0.4) is 0 Å². The number of fused-ring (bicyclic) bond motifs is 1. The molecule has 1 amide bonds. The van der Waals surface area contributed by atoms with Crippen molar-refractivity contribution in [1.82, 2.24) is 9.88 Å². The molecule has 0 unspecified atom stereocenters. The van der Waals surface area contributed by atoms with E-state index in [1.54, 1.807) is 24.0 Å². The molecule has 32 heavy (non-hydrogen) atoms. The van der Waals surface area contributed by atoms with Crippen LogP contribution in [0, 0.1) is 0 Å². The van der Waals surface area contributed by atoms with Gasteiger partial charge in [0, 0.05) is 18.7 Å². The third-order valence-corrected chi connectivity index (χ3v) is 8.49. The highest BCUT2D eigenvalue weighted by atomic mass is 32.2. The van der Waals surface area contributed by atoms with Crippen LogP contribution in [0.15, 0.2) is 47.4 Å². The Morgan fingerprint density at radius 3 is 2.25 bits per heavy atom. The van der Waals surface area contributed by atoms with Gasteiger partial charge < -0.3 is 4.90 Å². The summed E-state index contributed by atoms with van der Waals surface area (Å²) in [5.74, 6) is -0.144. The summed E-state index contributed by atoms with van der Waals surface area (Å²) in [5, 5.41) is 0.663. The summed E-state index contributed by atoms with van der Waals surface area (Å²) in [6.07, 6.45) is 0.945. The highest BCUT2D eigenvalue weighted by molar-refractivity contribution is 7.91. The molecule has 0 aliphatic carbocycles. The van der Waals surface area contributed by atoms with Crippen molar-refractivity contribution in [3.63, 3.8) is 0 Å². The Hall–Kier alpha value is -2.29. The number of amides is 1. The van der Waals surface area contributed by atoms with E-state index in [1.165, 1.54) is 29.0 Å². The molecule has 3 rings (SSSR count). The van der Waals surface area contributed by atoms with E-state index in [1.807, 2.05) is 6.07 Å². The number of hydrogen-bond acceptors (Lipinski definition) is 6. The lowest BCUT2D eigenvalue weighted by Crippen LogP contribution is -2.38. The van der Waals surface area contributed by atoms with Gasteiger partial charge in [-0.3, -0.25) is 9.69 Å². The maximum absolute atomic E-state index is 13.5. The van der Waals surface area contributed by atoms with Crippen LogP contribution < -0.4 is 4.90 Å². The molecule has 0 spiro atoms. The van der Waals surface area contributed by atoms with E-state index < -0.39 is 9.84 Å². The first kappa shape index (κ1) is 24.4. The van der Waals surface area contributed by atoms with Crippen molar-refractivity contribution < 1.29 is 13.2 Å². The summed E-state index contributed by atoms with van der Waals surface area (Å²) in [6.45, 7) is 11.0. The van der Waals surface area contributed by atoms with Crippen LogP contribution in [0.4, 0.5) is 5.13 Å². The summed E-state index contributed by atoms with van der Waals surface area (Å²) in [6, 6.07) is 12.4. The number of nitrogens with zero attached hydrogens (tertiary/aromatic N) is 3. The van der Waals surface area contributed by atoms with Gasteiger partial charge in [0.25, 0.3) is 5.91 Å². The van der Waals surface area contributed by atoms with Gasteiger partial charge in [-0.25, -0.2) is 13.4 Å². The number of anilines is 1. The standard InChI is InChI=1S/C24H31N3O3S2/c1-5-18-9-14-21-22(17-18)31-24(25-21)27(16-15-26(6-2)7-3)23(28)19-10-12-20(13-11-19)32(29,30)8-4/h9-14,17H,5-8,15-16H2,1-4H3. The van der Waals surface area contributed by atoms with Crippen LogP contribution >= 0.6 is 11.3 Å². The molecule has 3 aromatic rings. The lowest BCUT2D eigenvalue weighted by Gasteiger charge is -2.24. The first-order chi connectivity index (χ1) is 15.3. The zero-order valence-corrected chi connectivity index (χ0v) is 20.8. The van der Waals surface area contributed by atoms with Gasteiger partial charge in [0.15, 0.2) is 15.0 Å². The van der Waals surface area contributed by atoms with Gasteiger partial charge in [0.05, 0.1) is 20.9 Å². The number of hydrogen-bond donors (Lipinski definition) is 0. The molecule has 6 nitrogen and oxygen atoms in total. The number of likely N-dealkylation sites (N-methyl/N-ethyl adjacent to an activating group) is 1. The second-order valence-electron chi connectivity index (χ2n) is 7.56. The quantitative estimate of drug-likeness (QED) is 0.429. The molecule has 0 aliphatic heterocycles. The van der Waals surface area contributed by atoms with Gasteiger partial charge in [-0.2, -0.15) is 0 Å². The molecule has 0 atom stereocenters. The number of thiazole rings is 1. The lowest BCUT2D eigenvalue weighted by molar-refractivity contribution is 0.0983. The molecular formula is C24H31N3O3S2. The summed E-state index contributed by atoms with van der Waals surface area (Å²) < 4.78 is 25.3. The van der Waals surface area contributed by atoms with E-state index in [9.17, 15) is 13.2 Å². The average molecular weight is 474 g/mol. The van der Waals surface area contributed by atoms with E-state index in [0.717, 1.165) is 36.3 Å². The van der Waals surface area contributed by atoms with Crippen molar-refractivity contribution in [3.8, 4) is 0 Å². The van der Waals surface area contributed by atoms with Crippen LogP contribution in [0.1, 0.15) is 43.6 Å². The normalized spacial score (nSPS) is 11.9. The number of rotatable bonds is 10. The molecule has 0 bridgehead atoms. The van der Waals surface area contributed by atoms with Crippen LogP contribution in [0.5, 0.6) is 0 Å². The van der Waals surface area contributed by atoms with Gasteiger partial charge in [-0.05, 0) is 61.5 Å².